The highest BCUT2D eigenvalue weighted by Crippen LogP contribution is 2.32. The van der Waals surface area contributed by atoms with Gasteiger partial charge in [0.1, 0.15) is 0 Å². The van der Waals surface area contributed by atoms with Crippen molar-refractivity contribution in [3.05, 3.63) is 0 Å². The highest BCUT2D eigenvalue weighted by atomic mass is 16.3. The minimum absolute atomic E-state index is 0.133. The van der Waals surface area contributed by atoms with Crippen molar-refractivity contribution in [2.75, 3.05) is 33.3 Å². The van der Waals surface area contributed by atoms with Gasteiger partial charge >= 0.3 is 0 Å². The molecule has 17 heavy (non-hydrogen) atoms. The Morgan fingerprint density at radius 2 is 2.18 bits per heavy atom. The van der Waals surface area contributed by atoms with Crippen molar-refractivity contribution in [1.82, 2.24) is 9.80 Å². The summed E-state index contributed by atoms with van der Waals surface area (Å²) in [5.41, 5.74) is 5.85. The van der Waals surface area contributed by atoms with Crippen LogP contribution in [0.25, 0.3) is 0 Å². The van der Waals surface area contributed by atoms with E-state index in [1.807, 2.05) is 0 Å². The summed E-state index contributed by atoms with van der Waals surface area (Å²) in [6.45, 7) is 5.87. The first-order valence-electron chi connectivity index (χ1n) is 6.92. The van der Waals surface area contributed by atoms with E-state index >= 15 is 0 Å². The number of aliphatic hydroxyl groups excluding tert-OH is 1. The van der Waals surface area contributed by atoms with Gasteiger partial charge in [-0.2, -0.15) is 0 Å². The van der Waals surface area contributed by atoms with E-state index < -0.39 is 0 Å². The first kappa shape index (κ1) is 13.3. The van der Waals surface area contributed by atoms with Crippen LogP contribution in [-0.2, 0) is 0 Å². The number of rotatable bonds is 3. The van der Waals surface area contributed by atoms with Crippen molar-refractivity contribution in [1.29, 1.82) is 0 Å². The Labute approximate surface area is 105 Å². The van der Waals surface area contributed by atoms with E-state index in [2.05, 4.69) is 23.8 Å². The topological polar surface area (TPSA) is 52.7 Å². The molecule has 0 aromatic rings. The van der Waals surface area contributed by atoms with Gasteiger partial charge in [0.05, 0.1) is 6.61 Å². The van der Waals surface area contributed by atoms with Crippen molar-refractivity contribution < 1.29 is 5.11 Å². The van der Waals surface area contributed by atoms with E-state index in [9.17, 15) is 5.11 Å². The van der Waals surface area contributed by atoms with Gasteiger partial charge in [-0.05, 0) is 32.7 Å². The summed E-state index contributed by atoms with van der Waals surface area (Å²) >= 11 is 0. The number of aliphatic hydroxyl groups is 1. The van der Waals surface area contributed by atoms with E-state index in [1.165, 1.54) is 13.0 Å². The van der Waals surface area contributed by atoms with Gasteiger partial charge in [0.2, 0.25) is 0 Å². The van der Waals surface area contributed by atoms with Crippen LogP contribution in [0.3, 0.4) is 0 Å². The molecule has 1 aliphatic carbocycles. The quantitative estimate of drug-likeness (QED) is 0.744. The zero-order chi connectivity index (χ0) is 12.5. The lowest BCUT2D eigenvalue weighted by molar-refractivity contribution is 0.0604. The van der Waals surface area contributed by atoms with Crippen molar-refractivity contribution in [3.8, 4) is 0 Å². The lowest BCUT2D eigenvalue weighted by Gasteiger charge is -2.42. The number of nitrogens with zero attached hydrogens (tertiary/aromatic N) is 2. The second-order valence-electron chi connectivity index (χ2n) is 5.95. The minimum atomic E-state index is -0.310. The van der Waals surface area contributed by atoms with Crippen LogP contribution in [0.15, 0.2) is 0 Å². The fourth-order valence-electron chi connectivity index (χ4n) is 3.33. The highest BCUT2D eigenvalue weighted by molar-refractivity contribution is 4.98. The zero-order valence-corrected chi connectivity index (χ0v) is 11.2. The monoisotopic (exact) mass is 241 g/mol. The lowest BCUT2D eigenvalue weighted by atomic mass is 10.00. The molecule has 0 bridgehead atoms. The van der Waals surface area contributed by atoms with Crippen LogP contribution in [0.4, 0.5) is 0 Å². The summed E-state index contributed by atoms with van der Waals surface area (Å²) in [5, 5.41) is 9.33. The van der Waals surface area contributed by atoms with Crippen LogP contribution >= 0.6 is 0 Å². The molecule has 4 nitrogen and oxygen atoms in total. The Bertz CT molecular complexity index is 261. The maximum atomic E-state index is 9.33. The number of likely N-dealkylation sites (N-methyl/N-ethyl adjacent to an activating group) is 1. The summed E-state index contributed by atoms with van der Waals surface area (Å²) in [4.78, 5) is 5.06. The van der Waals surface area contributed by atoms with E-state index in [1.54, 1.807) is 0 Å². The van der Waals surface area contributed by atoms with Crippen LogP contribution in [0.5, 0.6) is 0 Å². The second kappa shape index (κ2) is 5.22. The van der Waals surface area contributed by atoms with E-state index in [0.29, 0.717) is 12.1 Å². The van der Waals surface area contributed by atoms with Crippen LogP contribution < -0.4 is 5.73 Å². The number of piperazine rings is 1. The Hall–Kier alpha value is -0.160. The van der Waals surface area contributed by atoms with Gasteiger partial charge in [0, 0.05) is 37.3 Å². The third-order valence-corrected chi connectivity index (χ3v) is 4.73. The van der Waals surface area contributed by atoms with Crippen molar-refractivity contribution in [3.63, 3.8) is 0 Å². The number of nitrogens with two attached hydrogens (primary N) is 1. The smallest absolute Gasteiger partial charge is 0.0611 e. The van der Waals surface area contributed by atoms with Gasteiger partial charge < -0.3 is 15.7 Å². The van der Waals surface area contributed by atoms with Gasteiger partial charge in [-0.3, -0.25) is 4.90 Å². The molecule has 0 aromatic heterocycles. The average molecular weight is 241 g/mol. The average Bonchev–Trinajstić information content (AvgIpc) is 2.73. The molecule has 3 N–H and O–H groups in total. The molecule has 0 radical (unpaired) electrons. The standard InChI is InChI=1S/C13H27N3O/c1-3-11-9-16(7-6-15(11)2)12-4-5-13(14,8-12)10-17/h11-12,17H,3-10,14H2,1-2H3. The summed E-state index contributed by atoms with van der Waals surface area (Å²) in [5.74, 6) is 0. The number of hydrogen-bond acceptors (Lipinski definition) is 4. The van der Waals surface area contributed by atoms with Gasteiger partial charge in [-0.1, -0.05) is 6.92 Å². The first-order chi connectivity index (χ1) is 8.08. The molecule has 1 saturated carbocycles. The molecule has 2 rings (SSSR count). The molecule has 2 fully saturated rings. The van der Waals surface area contributed by atoms with Crippen molar-refractivity contribution in [2.45, 2.75) is 50.2 Å². The molecular formula is C13H27N3O. The van der Waals surface area contributed by atoms with E-state index in [0.717, 1.165) is 32.4 Å². The summed E-state index contributed by atoms with van der Waals surface area (Å²) in [6.07, 6.45) is 4.30. The molecular weight excluding hydrogens is 214 g/mol. The number of hydrogen-bond donors (Lipinski definition) is 2. The molecule has 0 spiro atoms. The third-order valence-electron chi connectivity index (χ3n) is 4.73. The van der Waals surface area contributed by atoms with Crippen LogP contribution in [-0.4, -0.2) is 65.8 Å². The Morgan fingerprint density at radius 1 is 1.41 bits per heavy atom. The van der Waals surface area contributed by atoms with Gasteiger partial charge in [-0.15, -0.1) is 0 Å². The second-order valence-corrected chi connectivity index (χ2v) is 5.95. The fourth-order valence-corrected chi connectivity index (χ4v) is 3.33. The molecule has 100 valence electrons. The Balaban J connectivity index is 1.91. The van der Waals surface area contributed by atoms with E-state index in [4.69, 9.17) is 5.73 Å². The minimum Gasteiger partial charge on any atom is -0.394 e. The normalized spacial score (nSPS) is 40.9. The third kappa shape index (κ3) is 2.81. The largest absolute Gasteiger partial charge is 0.394 e. The summed E-state index contributed by atoms with van der Waals surface area (Å²) in [6, 6.07) is 1.28. The summed E-state index contributed by atoms with van der Waals surface area (Å²) < 4.78 is 0. The summed E-state index contributed by atoms with van der Waals surface area (Å²) in [7, 11) is 2.22. The predicted molar refractivity (Wildman–Crippen MR) is 69.9 cm³/mol. The molecule has 4 heteroatoms. The molecule has 0 amide bonds. The molecule has 0 aromatic carbocycles. The maximum absolute atomic E-state index is 9.33. The van der Waals surface area contributed by atoms with Crippen LogP contribution in [0.2, 0.25) is 0 Å². The first-order valence-corrected chi connectivity index (χ1v) is 6.92. The Morgan fingerprint density at radius 3 is 2.76 bits per heavy atom. The van der Waals surface area contributed by atoms with Gasteiger partial charge in [-0.25, -0.2) is 0 Å². The van der Waals surface area contributed by atoms with Crippen LogP contribution in [0, 0.1) is 0 Å². The predicted octanol–water partition coefficient (Wildman–Crippen LogP) is 0.255. The SMILES string of the molecule is CCC1CN(C2CCC(N)(CO)C2)CCN1C. The van der Waals surface area contributed by atoms with Gasteiger partial charge in [0.25, 0.3) is 0 Å². The lowest BCUT2D eigenvalue weighted by Crippen LogP contribution is -2.54. The highest BCUT2D eigenvalue weighted by Gasteiger charge is 2.39. The molecule has 1 heterocycles. The van der Waals surface area contributed by atoms with Gasteiger partial charge in [0.15, 0.2) is 0 Å². The molecule has 1 aliphatic heterocycles. The van der Waals surface area contributed by atoms with Crippen LogP contribution in [0.1, 0.15) is 32.6 Å². The molecule has 3 atom stereocenters. The zero-order valence-electron chi connectivity index (χ0n) is 11.2. The maximum Gasteiger partial charge on any atom is 0.0611 e. The molecule has 1 saturated heterocycles. The fraction of sp³-hybridized carbons (Fsp3) is 1.00. The van der Waals surface area contributed by atoms with Crippen molar-refractivity contribution in [2.24, 2.45) is 5.73 Å². The van der Waals surface area contributed by atoms with Crippen molar-refractivity contribution >= 4 is 0 Å². The molecule has 3 unspecified atom stereocenters. The Kier molecular flexibility index (Phi) is 4.08. The molecule has 2 aliphatic rings. The van der Waals surface area contributed by atoms with E-state index in [-0.39, 0.29) is 12.1 Å².